The fraction of sp³-hybridized carbons (Fsp3) is 0.538. The molecule has 0 aromatic heterocycles. The zero-order valence-electron chi connectivity index (χ0n) is 9.90. The molecule has 1 aromatic carbocycles. The molecule has 0 aliphatic heterocycles. The van der Waals surface area contributed by atoms with Crippen molar-refractivity contribution >= 4 is 15.9 Å². The minimum absolute atomic E-state index is 0.00870. The van der Waals surface area contributed by atoms with Gasteiger partial charge < -0.3 is 5.73 Å². The maximum atomic E-state index is 14.2. The van der Waals surface area contributed by atoms with E-state index in [0.29, 0.717) is 4.47 Å². The lowest BCUT2D eigenvalue weighted by atomic mass is 9.84. The Labute approximate surface area is 104 Å². The van der Waals surface area contributed by atoms with Crippen molar-refractivity contribution in [3.63, 3.8) is 0 Å². The van der Waals surface area contributed by atoms with Gasteiger partial charge in [-0.3, -0.25) is 0 Å². The van der Waals surface area contributed by atoms with Crippen LogP contribution in [0.25, 0.3) is 0 Å². The molecule has 1 aliphatic carbocycles. The van der Waals surface area contributed by atoms with Crippen LogP contribution in [0.15, 0.2) is 10.5 Å². The highest BCUT2D eigenvalue weighted by molar-refractivity contribution is 9.10. The topological polar surface area (TPSA) is 26.0 Å². The van der Waals surface area contributed by atoms with Crippen LogP contribution in [0.4, 0.5) is 4.39 Å². The van der Waals surface area contributed by atoms with Gasteiger partial charge in [0.2, 0.25) is 0 Å². The highest BCUT2D eigenvalue weighted by Gasteiger charge is 2.50. The van der Waals surface area contributed by atoms with Crippen molar-refractivity contribution in [2.24, 2.45) is 5.73 Å². The Bertz CT molecular complexity index is 410. The van der Waals surface area contributed by atoms with E-state index >= 15 is 0 Å². The van der Waals surface area contributed by atoms with Gasteiger partial charge in [0, 0.05) is 11.5 Å². The lowest BCUT2D eigenvalue weighted by Crippen LogP contribution is -2.33. The molecule has 1 aromatic rings. The summed E-state index contributed by atoms with van der Waals surface area (Å²) < 4.78 is 14.8. The maximum absolute atomic E-state index is 14.2. The molecule has 1 saturated carbocycles. The summed E-state index contributed by atoms with van der Waals surface area (Å²) in [5.41, 5.74) is 8.90. The number of rotatable bonds is 2. The molecule has 1 unspecified atom stereocenters. The third-order valence-electron chi connectivity index (χ3n) is 3.90. The van der Waals surface area contributed by atoms with Crippen LogP contribution in [0.2, 0.25) is 0 Å². The van der Waals surface area contributed by atoms with Gasteiger partial charge in [-0.15, -0.1) is 0 Å². The molecule has 1 atom stereocenters. The first kappa shape index (κ1) is 12.1. The van der Waals surface area contributed by atoms with Crippen LogP contribution < -0.4 is 5.73 Å². The third kappa shape index (κ3) is 1.61. The third-order valence-corrected chi connectivity index (χ3v) is 4.47. The van der Waals surface area contributed by atoms with E-state index in [-0.39, 0.29) is 17.3 Å². The highest BCUT2D eigenvalue weighted by Crippen LogP contribution is 2.53. The molecule has 1 nitrogen and oxygen atoms in total. The summed E-state index contributed by atoms with van der Waals surface area (Å²) >= 11 is 3.28. The van der Waals surface area contributed by atoms with Gasteiger partial charge >= 0.3 is 0 Å². The summed E-state index contributed by atoms with van der Waals surface area (Å²) in [5, 5.41) is 0. The number of hydrogen-bond acceptors (Lipinski definition) is 1. The molecule has 0 radical (unpaired) electrons. The molecule has 0 bridgehead atoms. The molecular formula is C13H17BrFN. The Kier molecular flexibility index (Phi) is 2.87. The predicted molar refractivity (Wildman–Crippen MR) is 68.1 cm³/mol. The Balaban J connectivity index is 2.65. The Hall–Kier alpha value is -0.410. The van der Waals surface area contributed by atoms with E-state index in [1.807, 2.05) is 26.8 Å². The summed E-state index contributed by atoms with van der Waals surface area (Å²) in [6.07, 6.45) is 2.00. The van der Waals surface area contributed by atoms with Crippen LogP contribution in [0.3, 0.4) is 0 Å². The zero-order valence-corrected chi connectivity index (χ0v) is 11.5. The van der Waals surface area contributed by atoms with Gasteiger partial charge in [0.1, 0.15) is 5.82 Å². The van der Waals surface area contributed by atoms with E-state index in [4.69, 9.17) is 5.73 Å². The number of nitrogens with two attached hydrogens (primary N) is 1. The first-order chi connectivity index (χ1) is 7.40. The quantitative estimate of drug-likeness (QED) is 0.883. The second-order valence-electron chi connectivity index (χ2n) is 4.93. The van der Waals surface area contributed by atoms with Crippen LogP contribution in [-0.4, -0.2) is 6.04 Å². The van der Waals surface area contributed by atoms with E-state index in [1.54, 1.807) is 0 Å². The zero-order chi connectivity index (χ0) is 12.1. The molecule has 1 fully saturated rings. The fourth-order valence-corrected chi connectivity index (χ4v) is 3.04. The van der Waals surface area contributed by atoms with Crippen molar-refractivity contribution in [1.82, 2.24) is 0 Å². The lowest BCUT2D eigenvalue weighted by Gasteiger charge is -2.24. The molecule has 0 amide bonds. The number of hydrogen-bond donors (Lipinski definition) is 1. The van der Waals surface area contributed by atoms with Crippen LogP contribution in [0.1, 0.15) is 36.5 Å². The first-order valence-corrected chi connectivity index (χ1v) is 6.40. The van der Waals surface area contributed by atoms with E-state index in [1.165, 1.54) is 0 Å². The van der Waals surface area contributed by atoms with E-state index < -0.39 is 0 Å². The summed E-state index contributed by atoms with van der Waals surface area (Å²) in [6.45, 7) is 5.98. The van der Waals surface area contributed by atoms with Gasteiger partial charge in [0.05, 0.1) is 4.47 Å². The molecule has 3 heteroatoms. The Morgan fingerprint density at radius 1 is 1.44 bits per heavy atom. The molecule has 0 saturated heterocycles. The van der Waals surface area contributed by atoms with Crippen molar-refractivity contribution in [2.75, 3.05) is 0 Å². The molecule has 2 N–H and O–H groups in total. The van der Waals surface area contributed by atoms with Crippen molar-refractivity contribution in [3.8, 4) is 0 Å². The van der Waals surface area contributed by atoms with Crippen molar-refractivity contribution in [3.05, 3.63) is 33.0 Å². The maximum Gasteiger partial charge on any atom is 0.141 e. The molecular weight excluding hydrogens is 269 g/mol. The minimum Gasteiger partial charge on any atom is -0.327 e. The van der Waals surface area contributed by atoms with Crippen molar-refractivity contribution in [2.45, 2.75) is 45.1 Å². The smallest absolute Gasteiger partial charge is 0.141 e. The van der Waals surface area contributed by atoms with Crippen LogP contribution >= 0.6 is 15.9 Å². The van der Waals surface area contributed by atoms with Gasteiger partial charge in [0.15, 0.2) is 0 Å². The predicted octanol–water partition coefficient (Wildman–Crippen LogP) is 3.58. The van der Waals surface area contributed by atoms with Crippen molar-refractivity contribution < 1.29 is 4.39 Å². The fourth-order valence-electron chi connectivity index (χ4n) is 2.50. The van der Waals surface area contributed by atoms with Crippen LogP contribution in [-0.2, 0) is 5.41 Å². The molecule has 88 valence electrons. The van der Waals surface area contributed by atoms with E-state index in [0.717, 1.165) is 29.5 Å². The second-order valence-corrected chi connectivity index (χ2v) is 5.79. The Morgan fingerprint density at radius 3 is 2.44 bits per heavy atom. The van der Waals surface area contributed by atoms with Gasteiger partial charge in [-0.2, -0.15) is 0 Å². The van der Waals surface area contributed by atoms with Gasteiger partial charge in [-0.1, -0.05) is 0 Å². The summed E-state index contributed by atoms with van der Waals surface area (Å²) in [4.78, 5) is 0. The molecule has 2 rings (SSSR count). The second kappa shape index (κ2) is 3.81. The standard InChI is InChI=1S/C13H17BrFN/c1-7-6-10(14)12(15)11(8(7)2)13(4-5-13)9(3)16/h6,9H,4-5,16H2,1-3H3. The number of halogens is 2. The van der Waals surface area contributed by atoms with Crippen LogP contribution in [0, 0.1) is 19.7 Å². The SMILES string of the molecule is Cc1cc(Br)c(F)c(C2(C(C)N)CC2)c1C. The number of aryl methyl sites for hydroxylation is 1. The van der Waals surface area contributed by atoms with E-state index in [2.05, 4.69) is 15.9 Å². The normalized spacial score (nSPS) is 19.6. The first-order valence-electron chi connectivity index (χ1n) is 5.61. The molecule has 0 heterocycles. The summed E-state index contributed by atoms with van der Waals surface area (Å²) in [6, 6.07) is 1.85. The monoisotopic (exact) mass is 285 g/mol. The summed E-state index contributed by atoms with van der Waals surface area (Å²) in [7, 11) is 0. The van der Waals surface area contributed by atoms with E-state index in [9.17, 15) is 4.39 Å². The Morgan fingerprint density at radius 2 is 2.00 bits per heavy atom. The van der Waals surface area contributed by atoms with Gasteiger partial charge in [-0.05, 0) is 72.3 Å². The lowest BCUT2D eigenvalue weighted by molar-refractivity contribution is 0.505. The average molecular weight is 286 g/mol. The molecule has 0 spiro atoms. The number of benzene rings is 1. The summed E-state index contributed by atoms with van der Waals surface area (Å²) in [5.74, 6) is -0.127. The largest absolute Gasteiger partial charge is 0.327 e. The average Bonchev–Trinajstić information content (AvgIpc) is 2.97. The molecule has 1 aliphatic rings. The molecule has 16 heavy (non-hydrogen) atoms. The van der Waals surface area contributed by atoms with Crippen LogP contribution in [0.5, 0.6) is 0 Å². The van der Waals surface area contributed by atoms with Gasteiger partial charge in [-0.25, -0.2) is 4.39 Å². The minimum atomic E-state index is -0.127. The highest BCUT2D eigenvalue weighted by atomic mass is 79.9. The van der Waals surface area contributed by atoms with Gasteiger partial charge in [0.25, 0.3) is 0 Å². The van der Waals surface area contributed by atoms with Crippen molar-refractivity contribution in [1.29, 1.82) is 0 Å².